The minimum atomic E-state index is 0.0517. The lowest BCUT2D eigenvalue weighted by Gasteiger charge is -2.31. The van der Waals surface area contributed by atoms with Gasteiger partial charge < -0.3 is 15.1 Å². The predicted molar refractivity (Wildman–Crippen MR) is 120 cm³/mol. The highest BCUT2D eigenvalue weighted by molar-refractivity contribution is 6.30. The number of amides is 1. The lowest BCUT2D eigenvalue weighted by Crippen LogP contribution is -2.41. The molecular weight excluding hydrogens is 400 g/mol. The molecule has 0 atom stereocenters. The summed E-state index contributed by atoms with van der Waals surface area (Å²) in [6.45, 7) is 3.17. The number of hydrogen-bond donors (Lipinski definition) is 1. The maximum absolute atomic E-state index is 12.6. The molecule has 1 aliphatic rings. The zero-order valence-electron chi connectivity index (χ0n) is 17.2. The molecule has 0 saturated carbocycles. The number of nitrogens with one attached hydrogen (secondary N) is 1. The van der Waals surface area contributed by atoms with Gasteiger partial charge in [0, 0.05) is 51.0 Å². The molecule has 3 heterocycles. The molecule has 2 aromatic heterocycles. The minimum Gasteiger partial charge on any atom is -0.375 e. The van der Waals surface area contributed by atoms with Crippen LogP contribution in [-0.2, 0) is 4.79 Å². The van der Waals surface area contributed by atoms with Gasteiger partial charge in [-0.2, -0.15) is 0 Å². The molecule has 1 aromatic carbocycles. The van der Waals surface area contributed by atoms with Gasteiger partial charge in [0.25, 0.3) is 0 Å². The van der Waals surface area contributed by atoms with Gasteiger partial charge in [0.15, 0.2) is 5.65 Å². The van der Waals surface area contributed by atoms with Crippen LogP contribution in [0.1, 0.15) is 19.3 Å². The first-order chi connectivity index (χ1) is 14.6. The van der Waals surface area contributed by atoms with Gasteiger partial charge in [0.1, 0.15) is 0 Å². The van der Waals surface area contributed by atoms with Crippen LogP contribution in [0.3, 0.4) is 0 Å². The number of pyridine rings is 1. The number of nitrogens with zero attached hydrogens (tertiary/aromatic N) is 5. The highest BCUT2D eigenvalue weighted by atomic mass is 35.5. The zero-order chi connectivity index (χ0) is 20.9. The Kier molecular flexibility index (Phi) is 6.38. The molecule has 3 aromatic rings. The van der Waals surface area contributed by atoms with Crippen molar-refractivity contribution in [2.45, 2.75) is 19.3 Å². The Morgan fingerprint density at radius 3 is 2.70 bits per heavy atom. The lowest BCUT2D eigenvalue weighted by molar-refractivity contribution is -0.125. The summed E-state index contributed by atoms with van der Waals surface area (Å²) < 4.78 is 1.91. The normalized spacial score (nSPS) is 14.8. The first kappa shape index (κ1) is 20.5. The number of para-hydroxylation sites is 1. The van der Waals surface area contributed by atoms with E-state index in [9.17, 15) is 4.79 Å². The summed E-state index contributed by atoms with van der Waals surface area (Å²) in [7, 11) is 2.08. The number of rotatable bonds is 7. The average Bonchev–Trinajstić information content (AvgIpc) is 3.20. The summed E-state index contributed by atoms with van der Waals surface area (Å²) in [6.07, 6.45) is 4.37. The molecule has 158 valence electrons. The molecule has 1 saturated heterocycles. The number of aromatic nitrogens is 3. The van der Waals surface area contributed by atoms with E-state index in [1.165, 1.54) is 5.69 Å². The van der Waals surface area contributed by atoms with Gasteiger partial charge in [-0.15, -0.1) is 10.2 Å². The molecule has 30 heavy (non-hydrogen) atoms. The van der Waals surface area contributed by atoms with E-state index < -0.39 is 0 Å². The fraction of sp³-hybridized carbons (Fsp3) is 0.409. The second kappa shape index (κ2) is 9.34. The van der Waals surface area contributed by atoms with E-state index in [0.29, 0.717) is 11.6 Å². The van der Waals surface area contributed by atoms with Crippen LogP contribution in [0.5, 0.6) is 0 Å². The second-order valence-corrected chi connectivity index (χ2v) is 8.17. The summed E-state index contributed by atoms with van der Waals surface area (Å²) in [5.74, 6) is 0.998. The van der Waals surface area contributed by atoms with E-state index in [4.69, 9.17) is 11.6 Å². The summed E-state index contributed by atoms with van der Waals surface area (Å²) in [4.78, 5) is 17.0. The van der Waals surface area contributed by atoms with Crippen molar-refractivity contribution in [2.24, 2.45) is 5.92 Å². The van der Waals surface area contributed by atoms with Crippen molar-refractivity contribution < 1.29 is 4.79 Å². The van der Waals surface area contributed by atoms with Crippen LogP contribution in [0.4, 0.5) is 11.6 Å². The number of halogens is 1. The Bertz CT molecular complexity index is 984. The van der Waals surface area contributed by atoms with E-state index in [0.717, 1.165) is 50.5 Å². The Morgan fingerprint density at radius 2 is 1.93 bits per heavy atom. The summed E-state index contributed by atoms with van der Waals surface area (Å²) in [5.41, 5.74) is 1.97. The quantitative estimate of drug-likeness (QED) is 0.587. The van der Waals surface area contributed by atoms with E-state index in [-0.39, 0.29) is 11.8 Å². The van der Waals surface area contributed by atoms with Gasteiger partial charge in [-0.25, -0.2) is 0 Å². The van der Waals surface area contributed by atoms with Crippen molar-refractivity contribution in [1.29, 1.82) is 0 Å². The predicted octanol–water partition coefficient (Wildman–Crippen LogP) is 3.24. The molecule has 4 rings (SSSR count). The molecule has 8 heteroatoms. The third-order valence-electron chi connectivity index (χ3n) is 5.66. The Morgan fingerprint density at radius 1 is 1.17 bits per heavy atom. The summed E-state index contributed by atoms with van der Waals surface area (Å²) in [6, 6.07) is 14.0. The van der Waals surface area contributed by atoms with Crippen LogP contribution < -0.4 is 15.1 Å². The Hall–Kier alpha value is -2.80. The van der Waals surface area contributed by atoms with Crippen molar-refractivity contribution in [3.8, 4) is 0 Å². The van der Waals surface area contributed by atoms with E-state index in [2.05, 4.69) is 44.5 Å². The van der Waals surface area contributed by atoms with E-state index in [1.54, 1.807) is 0 Å². The maximum Gasteiger partial charge on any atom is 0.231 e. The van der Waals surface area contributed by atoms with Gasteiger partial charge in [-0.05, 0) is 43.5 Å². The third-order valence-corrected chi connectivity index (χ3v) is 5.89. The third kappa shape index (κ3) is 4.67. The fourth-order valence-electron chi connectivity index (χ4n) is 3.89. The zero-order valence-corrected chi connectivity index (χ0v) is 17.9. The smallest absolute Gasteiger partial charge is 0.231 e. The molecule has 1 N–H and O–H groups in total. The van der Waals surface area contributed by atoms with Crippen LogP contribution >= 0.6 is 11.6 Å². The van der Waals surface area contributed by atoms with Crippen LogP contribution in [0.2, 0.25) is 5.02 Å². The van der Waals surface area contributed by atoms with Crippen LogP contribution in [0.25, 0.3) is 5.65 Å². The number of piperidine rings is 1. The average molecular weight is 427 g/mol. The molecular formula is C22H27ClN6O. The number of carbonyl (C=O) groups excluding carboxylic acids is 1. The molecule has 1 amide bonds. The molecule has 0 bridgehead atoms. The molecule has 0 aliphatic carbocycles. The van der Waals surface area contributed by atoms with Crippen molar-refractivity contribution >= 4 is 34.8 Å². The monoisotopic (exact) mass is 426 g/mol. The highest BCUT2D eigenvalue weighted by Crippen LogP contribution is 2.23. The SMILES string of the molecule is CN(CCCNC(=O)C1CCN(c2nnc3ccc(Cl)cn23)CC1)c1ccccc1. The van der Waals surface area contributed by atoms with Gasteiger partial charge in [-0.3, -0.25) is 9.20 Å². The second-order valence-electron chi connectivity index (χ2n) is 7.74. The standard InChI is InChI=1S/C22H27ClN6O/c1-27(19-6-3-2-4-7-19)13-5-12-24-21(30)17-10-14-28(15-11-17)22-26-25-20-9-8-18(23)16-29(20)22/h2-4,6-9,16-17H,5,10-15H2,1H3,(H,24,30). The Balaban J connectivity index is 1.22. The first-order valence-corrected chi connectivity index (χ1v) is 10.8. The molecule has 7 nitrogen and oxygen atoms in total. The maximum atomic E-state index is 12.6. The minimum absolute atomic E-state index is 0.0517. The molecule has 0 unspecified atom stereocenters. The number of benzene rings is 1. The number of hydrogen-bond acceptors (Lipinski definition) is 5. The van der Waals surface area contributed by atoms with Crippen molar-refractivity contribution in [2.75, 3.05) is 43.0 Å². The summed E-state index contributed by atoms with van der Waals surface area (Å²) in [5, 5.41) is 12.3. The van der Waals surface area contributed by atoms with Crippen molar-refractivity contribution in [3.63, 3.8) is 0 Å². The molecule has 0 radical (unpaired) electrons. The fourth-order valence-corrected chi connectivity index (χ4v) is 4.05. The van der Waals surface area contributed by atoms with Crippen molar-refractivity contribution in [1.82, 2.24) is 19.9 Å². The highest BCUT2D eigenvalue weighted by Gasteiger charge is 2.27. The van der Waals surface area contributed by atoms with Crippen LogP contribution in [0, 0.1) is 5.92 Å². The van der Waals surface area contributed by atoms with Gasteiger partial charge >= 0.3 is 0 Å². The van der Waals surface area contributed by atoms with E-state index in [1.807, 2.05) is 40.9 Å². The largest absolute Gasteiger partial charge is 0.375 e. The van der Waals surface area contributed by atoms with Gasteiger partial charge in [-0.1, -0.05) is 29.8 Å². The van der Waals surface area contributed by atoms with E-state index >= 15 is 0 Å². The number of anilines is 2. The van der Waals surface area contributed by atoms with Crippen molar-refractivity contribution in [3.05, 3.63) is 53.7 Å². The lowest BCUT2D eigenvalue weighted by atomic mass is 9.96. The van der Waals surface area contributed by atoms with Crippen LogP contribution in [0.15, 0.2) is 48.7 Å². The van der Waals surface area contributed by atoms with Gasteiger partial charge in [0.2, 0.25) is 11.9 Å². The number of carbonyl (C=O) groups is 1. The molecule has 1 fully saturated rings. The summed E-state index contributed by atoms with van der Waals surface area (Å²) >= 11 is 6.12. The Labute approximate surface area is 181 Å². The topological polar surface area (TPSA) is 65.8 Å². The molecule has 1 aliphatic heterocycles. The van der Waals surface area contributed by atoms with Crippen LogP contribution in [-0.4, -0.2) is 53.7 Å². The molecule has 0 spiro atoms. The van der Waals surface area contributed by atoms with Gasteiger partial charge in [0.05, 0.1) is 5.02 Å². The number of fused-ring (bicyclic) bond motifs is 1. The first-order valence-electron chi connectivity index (χ1n) is 10.4.